The standard InChI is InChI=1S/C15H12BrF3/c1-8-6-10(7-9(2)14(8)18)13(16)11-4-3-5-12(17)15(11)19/h3-7,13H,1-2H3. The van der Waals surface area contributed by atoms with Crippen molar-refractivity contribution in [2.24, 2.45) is 0 Å². The van der Waals surface area contributed by atoms with Crippen LogP contribution in [0.25, 0.3) is 0 Å². The predicted octanol–water partition coefficient (Wildman–Crippen LogP) is 5.21. The van der Waals surface area contributed by atoms with Gasteiger partial charge in [0.1, 0.15) is 5.82 Å². The first-order chi connectivity index (χ1) is 8.91. The Bertz CT molecular complexity index is 600. The molecule has 2 aromatic rings. The number of rotatable bonds is 2. The van der Waals surface area contributed by atoms with Gasteiger partial charge in [-0.1, -0.05) is 40.2 Å². The summed E-state index contributed by atoms with van der Waals surface area (Å²) in [5, 5.41) is 0. The number of halogens is 4. The zero-order chi connectivity index (χ0) is 14.2. The van der Waals surface area contributed by atoms with Crippen LogP contribution in [0.3, 0.4) is 0 Å². The van der Waals surface area contributed by atoms with Crippen molar-refractivity contribution in [3.63, 3.8) is 0 Å². The van der Waals surface area contributed by atoms with Crippen molar-refractivity contribution in [3.8, 4) is 0 Å². The summed E-state index contributed by atoms with van der Waals surface area (Å²) in [6, 6.07) is 7.29. The third kappa shape index (κ3) is 2.68. The van der Waals surface area contributed by atoms with E-state index in [9.17, 15) is 13.2 Å². The fraction of sp³-hybridized carbons (Fsp3) is 0.200. The van der Waals surface area contributed by atoms with Gasteiger partial charge in [-0.3, -0.25) is 0 Å². The average molecular weight is 329 g/mol. The van der Waals surface area contributed by atoms with E-state index in [4.69, 9.17) is 0 Å². The number of benzene rings is 2. The summed E-state index contributed by atoms with van der Waals surface area (Å²) < 4.78 is 40.5. The fourth-order valence-electron chi connectivity index (χ4n) is 2.02. The van der Waals surface area contributed by atoms with E-state index in [2.05, 4.69) is 15.9 Å². The van der Waals surface area contributed by atoms with Gasteiger partial charge >= 0.3 is 0 Å². The Labute approximate surface area is 118 Å². The molecular formula is C15H12BrF3. The summed E-state index contributed by atoms with van der Waals surface area (Å²) in [6.45, 7) is 3.29. The van der Waals surface area contributed by atoms with E-state index in [1.807, 2.05) is 0 Å². The van der Waals surface area contributed by atoms with Crippen LogP contribution < -0.4 is 0 Å². The summed E-state index contributed by atoms with van der Waals surface area (Å²) >= 11 is 3.34. The second-order valence-electron chi connectivity index (χ2n) is 4.47. The van der Waals surface area contributed by atoms with E-state index in [0.717, 1.165) is 6.07 Å². The molecule has 2 aromatic carbocycles. The van der Waals surface area contributed by atoms with Crippen molar-refractivity contribution in [1.82, 2.24) is 0 Å². The van der Waals surface area contributed by atoms with Gasteiger partial charge in [0.2, 0.25) is 0 Å². The molecule has 0 aliphatic rings. The molecule has 2 rings (SSSR count). The monoisotopic (exact) mass is 328 g/mol. The van der Waals surface area contributed by atoms with E-state index >= 15 is 0 Å². The molecule has 0 nitrogen and oxygen atoms in total. The van der Waals surface area contributed by atoms with E-state index in [0.29, 0.717) is 16.7 Å². The second-order valence-corrected chi connectivity index (χ2v) is 5.39. The highest BCUT2D eigenvalue weighted by Gasteiger charge is 2.18. The van der Waals surface area contributed by atoms with Crippen molar-refractivity contribution in [3.05, 3.63) is 70.0 Å². The summed E-state index contributed by atoms with van der Waals surface area (Å²) in [7, 11) is 0. The molecule has 0 fully saturated rings. The van der Waals surface area contributed by atoms with Gasteiger partial charge in [-0.25, -0.2) is 13.2 Å². The Morgan fingerprint density at radius 3 is 2.11 bits per heavy atom. The first kappa shape index (κ1) is 14.1. The SMILES string of the molecule is Cc1cc(C(Br)c2cccc(F)c2F)cc(C)c1F. The van der Waals surface area contributed by atoms with Crippen LogP contribution in [0.2, 0.25) is 0 Å². The van der Waals surface area contributed by atoms with E-state index in [1.165, 1.54) is 12.1 Å². The Morgan fingerprint density at radius 2 is 1.53 bits per heavy atom. The molecule has 0 aliphatic heterocycles. The van der Waals surface area contributed by atoms with Crippen molar-refractivity contribution < 1.29 is 13.2 Å². The summed E-state index contributed by atoms with van der Waals surface area (Å²) in [4.78, 5) is -0.513. The normalized spacial score (nSPS) is 12.5. The molecule has 4 heteroatoms. The van der Waals surface area contributed by atoms with Crippen LogP contribution in [0.5, 0.6) is 0 Å². The maximum absolute atomic E-state index is 13.7. The zero-order valence-electron chi connectivity index (χ0n) is 10.5. The van der Waals surface area contributed by atoms with Crippen LogP contribution in [-0.4, -0.2) is 0 Å². The van der Waals surface area contributed by atoms with Crippen molar-refractivity contribution >= 4 is 15.9 Å². The fourth-order valence-corrected chi connectivity index (χ4v) is 2.64. The van der Waals surface area contributed by atoms with Gasteiger partial charge in [-0.2, -0.15) is 0 Å². The summed E-state index contributed by atoms with van der Waals surface area (Å²) in [6.07, 6.45) is 0. The third-order valence-electron chi connectivity index (χ3n) is 3.01. The largest absolute Gasteiger partial charge is 0.206 e. The molecule has 0 spiro atoms. The van der Waals surface area contributed by atoms with E-state index in [1.54, 1.807) is 26.0 Å². The minimum absolute atomic E-state index is 0.199. The molecule has 0 aliphatic carbocycles. The van der Waals surface area contributed by atoms with Crippen LogP contribution in [0.1, 0.15) is 27.1 Å². The van der Waals surface area contributed by atoms with Gasteiger partial charge in [0.05, 0.1) is 4.83 Å². The van der Waals surface area contributed by atoms with Gasteiger partial charge < -0.3 is 0 Å². The predicted molar refractivity (Wildman–Crippen MR) is 73.0 cm³/mol. The van der Waals surface area contributed by atoms with Crippen molar-refractivity contribution in [2.75, 3.05) is 0 Å². The molecule has 1 atom stereocenters. The van der Waals surface area contributed by atoms with Crippen LogP contribution in [0.4, 0.5) is 13.2 Å². The Morgan fingerprint density at radius 1 is 0.947 bits per heavy atom. The maximum Gasteiger partial charge on any atom is 0.163 e. The Balaban J connectivity index is 2.50. The summed E-state index contributed by atoms with van der Waals surface area (Å²) in [5.41, 5.74) is 1.86. The number of hydrogen-bond acceptors (Lipinski definition) is 0. The zero-order valence-corrected chi connectivity index (χ0v) is 12.1. The highest BCUT2D eigenvalue weighted by Crippen LogP contribution is 2.34. The first-order valence-electron chi connectivity index (χ1n) is 5.76. The number of hydrogen-bond donors (Lipinski definition) is 0. The molecule has 0 saturated carbocycles. The molecule has 0 radical (unpaired) electrons. The molecule has 0 saturated heterocycles. The molecule has 0 heterocycles. The number of aryl methyl sites for hydroxylation is 2. The minimum Gasteiger partial charge on any atom is -0.206 e. The highest BCUT2D eigenvalue weighted by molar-refractivity contribution is 9.09. The van der Waals surface area contributed by atoms with Crippen LogP contribution in [0.15, 0.2) is 30.3 Å². The van der Waals surface area contributed by atoms with Crippen molar-refractivity contribution in [2.45, 2.75) is 18.7 Å². The lowest BCUT2D eigenvalue weighted by Gasteiger charge is -2.14. The quantitative estimate of drug-likeness (QED) is 0.664. The number of alkyl halides is 1. The molecule has 1 unspecified atom stereocenters. The topological polar surface area (TPSA) is 0 Å². The van der Waals surface area contributed by atoms with Crippen molar-refractivity contribution in [1.29, 1.82) is 0 Å². The van der Waals surface area contributed by atoms with Gasteiger partial charge in [-0.15, -0.1) is 0 Å². The second kappa shape index (κ2) is 5.37. The average Bonchev–Trinajstić information content (AvgIpc) is 2.38. The molecule has 100 valence electrons. The first-order valence-corrected chi connectivity index (χ1v) is 6.68. The lowest BCUT2D eigenvalue weighted by atomic mass is 9.99. The molecule has 0 N–H and O–H groups in total. The van der Waals surface area contributed by atoms with Crippen LogP contribution in [0, 0.1) is 31.3 Å². The van der Waals surface area contributed by atoms with E-state index < -0.39 is 16.5 Å². The highest BCUT2D eigenvalue weighted by atomic mass is 79.9. The Hall–Kier alpha value is -1.29. The Kier molecular flexibility index (Phi) is 3.99. The van der Waals surface area contributed by atoms with Gasteiger partial charge in [0.15, 0.2) is 11.6 Å². The molecule has 0 aromatic heterocycles. The van der Waals surface area contributed by atoms with Gasteiger partial charge in [-0.05, 0) is 36.6 Å². The van der Waals surface area contributed by atoms with Gasteiger partial charge in [0.25, 0.3) is 0 Å². The lowest BCUT2D eigenvalue weighted by molar-refractivity contribution is 0.500. The lowest BCUT2D eigenvalue weighted by Crippen LogP contribution is -2.01. The molecular weight excluding hydrogens is 317 g/mol. The smallest absolute Gasteiger partial charge is 0.163 e. The minimum atomic E-state index is -0.891. The maximum atomic E-state index is 13.7. The third-order valence-corrected chi connectivity index (χ3v) is 4.03. The molecule has 0 bridgehead atoms. The van der Waals surface area contributed by atoms with Crippen LogP contribution in [-0.2, 0) is 0 Å². The van der Waals surface area contributed by atoms with E-state index in [-0.39, 0.29) is 11.4 Å². The molecule has 19 heavy (non-hydrogen) atoms. The van der Waals surface area contributed by atoms with Crippen LogP contribution >= 0.6 is 15.9 Å². The van der Waals surface area contributed by atoms with Gasteiger partial charge in [0, 0.05) is 5.56 Å². The summed E-state index contributed by atoms with van der Waals surface area (Å²) in [5.74, 6) is -2.05. The molecule has 0 amide bonds.